The summed E-state index contributed by atoms with van der Waals surface area (Å²) >= 11 is 0. The Kier molecular flexibility index (Phi) is 5.58. The lowest BCUT2D eigenvalue weighted by atomic mass is 9.80. The first-order chi connectivity index (χ1) is 10.0. The smallest absolute Gasteiger partial charge is 0.306 e. The third-order valence-electron chi connectivity index (χ3n) is 4.36. The minimum absolute atomic E-state index is 0.0123. The molecule has 2 rings (SSSR count). The van der Waals surface area contributed by atoms with Gasteiger partial charge in [0.1, 0.15) is 0 Å². The molecule has 1 saturated carbocycles. The lowest BCUT2D eigenvalue weighted by Crippen LogP contribution is -2.52. The number of carbonyl (C=O) groups is 2. The van der Waals surface area contributed by atoms with Crippen molar-refractivity contribution in [2.45, 2.75) is 44.8 Å². The molecule has 21 heavy (non-hydrogen) atoms. The van der Waals surface area contributed by atoms with E-state index in [0.717, 1.165) is 12.8 Å². The largest absolute Gasteiger partial charge is 0.481 e. The van der Waals surface area contributed by atoms with E-state index in [4.69, 9.17) is 14.6 Å². The molecule has 2 fully saturated rings. The number of carboxylic acid groups (broad SMARTS) is 1. The maximum absolute atomic E-state index is 12.7. The van der Waals surface area contributed by atoms with Crippen LogP contribution in [0.2, 0.25) is 0 Å². The van der Waals surface area contributed by atoms with Crippen molar-refractivity contribution in [2.75, 3.05) is 26.8 Å². The Balaban J connectivity index is 1.96. The maximum atomic E-state index is 12.7. The van der Waals surface area contributed by atoms with Crippen molar-refractivity contribution in [1.29, 1.82) is 0 Å². The highest BCUT2D eigenvalue weighted by atomic mass is 16.5. The van der Waals surface area contributed by atoms with Gasteiger partial charge >= 0.3 is 5.97 Å². The van der Waals surface area contributed by atoms with Gasteiger partial charge in [-0.1, -0.05) is 6.42 Å². The van der Waals surface area contributed by atoms with E-state index in [0.29, 0.717) is 32.5 Å². The van der Waals surface area contributed by atoms with Crippen molar-refractivity contribution >= 4 is 11.9 Å². The normalized spacial score (nSPS) is 33.7. The summed E-state index contributed by atoms with van der Waals surface area (Å²) in [5.41, 5.74) is 0. The quantitative estimate of drug-likeness (QED) is 0.842. The first-order valence-electron chi connectivity index (χ1n) is 7.67. The molecule has 1 saturated heterocycles. The van der Waals surface area contributed by atoms with Gasteiger partial charge in [0.05, 0.1) is 24.7 Å². The zero-order valence-corrected chi connectivity index (χ0v) is 12.8. The summed E-state index contributed by atoms with van der Waals surface area (Å²) in [6.45, 7) is 3.53. The number of amides is 1. The minimum Gasteiger partial charge on any atom is -0.481 e. The highest BCUT2D eigenvalue weighted by Gasteiger charge is 2.36. The second kappa shape index (κ2) is 7.22. The second-order valence-electron chi connectivity index (χ2n) is 6.17. The van der Waals surface area contributed by atoms with Crippen LogP contribution in [0.1, 0.15) is 32.6 Å². The van der Waals surface area contributed by atoms with Crippen LogP contribution in [0.25, 0.3) is 0 Å². The molecular formula is C15H25NO5. The first-order valence-corrected chi connectivity index (χ1v) is 7.67. The average Bonchev–Trinajstić information content (AvgIpc) is 2.46. The van der Waals surface area contributed by atoms with Crippen molar-refractivity contribution in [2.24, 2.45) is 11.8 Å². The fourth-order valence-electron chi connectivity index (χ4n) is 3.40. The van der Waals surface area contributed by atoms with Crippen LogP contribution >= 0.6 is 0 Å². The molecule has 0 aromatic rings. The topological polar surface area (TPSA) is 76.1 Å². The van der Waals surface area contributed by atoms with Crippen LogP contribution in [0.3, 0.4) is 0 Å². The molecule has 1 heterocycles. The van der Waals surface area contributed by atoms with E-state index in [1.54, 1.807) is 7.11 Å². The van der Waals surface area contributed by atoms with Gasteiger partial charge in [-0.2, -0.15) is 0 Å². The molecule has 1 N–H and O–H groups in total. The van der Waals surface area contributed by atoms with Crippen LogP contribution in [0.5, 0.6) is 0 Å². The first kappa shape index (κ1) is 16.2. The standard InChI is InChI=1S/C15H25NO5/c1-10-7-16(8-13(21-10)9-20-2)14(17)11-4-3-5-12(6-11)15(18)19/h10-13H,3-9H2,1-2H3,(H,18,19). The number of hydrogen-bond acceptors (Lipinski definition) is 4. The Morgan fingerprint density at radius 2 is 2.00 bits per heavy atom. The average molecular weight is 299 g/mol. The van der Waals surface area contributed by atoms with Crippen LogP contribution in [-0.2, 0) is 19.1 Å². The molecule has 0 aromatic carbocycles. The van der Waals surface area contributed by atoms with Gasteiger partial charge in [0.2, 0.25) is 5.91 Å². The lowest BCUT2D eigenvalue weighted by molar-refractivity contribution is -0.155. The minimum atomic E-state index is -0.778. The highest BCUT2D eigenvalue weighted by Crippen LogP contribution is 2.31. The number of nitrogens with zero attached hydrogens (tertiary/aromatic N) is 1. The predicted octanol–water partition coefficient (Wildman–Crippen LogP) is 1.14. The molecule has 0 spiro atoms. The van der Waals surface area contributed by atoms with Gasteiger partial charge in [0, 0.05) is 26.1 Å². The molecule has 1 aliphatic heterocycles. The van der Waals surface area contributed by atoms with Gasteiger partial charge < -0.3 is 19.5 Å². The molecule has 4 unspecified atom stereocenters. The zero-order chi connectivity index (χ0) is 15.4. The predicted molar refractivity (Wildman–Crippen MR) is 75.9 cm³/mol. The van der Waals surface area contributed by atoms with E-state index in [1.165, 1.54) is 0 Å². The third-order valence-corrected chi connectivity index (χ3v) is 4.36. The van der Waals surface area contributed by atoms with Gasteiger partial charge in [-0.05, 0) is 26.2 Å². The van der Waals surface area contributed by atoms with Gasteiger partial charge in [0.15, 0.2) is 0 Å². The molecule has 2 aliphatic rings. The number of carbonyl (C=O) groups excluding carboxylic acids is 1. The van der Waals surface area contributed by atoms with Crippen LogP contribution in [0.15, 0.2) is 0 Å². The fraction of sp³-hybridized carbons (Fsp3) is 0.867. The summed E-state index contributed by atoms with van der Waals surface area (Å²) in [5, 5.41) is 9.14. The SMILES string of the molecule is COCC1CN(C(=O)C2CCCC(C(=O)O)C2)CC(C)O1. The van der Waals surface area contributed by atoms with E-state index in [9.17, 15) is 9.59 Å². The molecule has 4 atom stereocenters. The lowest BCUT2D eigenvalue weighted by Gasteiger charge is -2.39. The molecule has 1 amide bonds. The summed E-state index contributed by atoms with van der Waals surface area (Å²) < 4.78 is 10.9. The molecule has 1 aliphatic carbocycles. The van der Waals surface area contributed by atoms with E-state index in [2.05, 4.69) is 0 Å². The van der Waals surface area contributed by atoms with E-state index in [-0.39, 0.29) is 30.0 Å². The molecular weight excluding hydrogens is 274 g/mol. The molecule has 120 valence electrons. The number of rotatable bonds is 4. The Labute approximate surface area is 125 Å². The van der Waals surface area contributed by atoms with E-state index < -0.39 is 5.97 Å². The Hall–Kier alpha value is -1.14. The van der Waals surface area contributed by atoms with Gasteiger partial charge in [-0.3, -0.25) is 9.59 Å². The van der Waals surface area contributed by atoms with Crippen LogP contribution in [0.4, 0.5) is 0 Å². The summed E-state index contributed by atoms with van der Waals surface area (Å²) in [5.74, 6) is -1.23. The van der Waals surface area contributed by atoms with E-state index >= 15 is 0 Å². The number of hydrogen-bond donors (Lipinski definition) is 1. The van der Waals surface area contributed by atoms with Gasteiger partial charge in [-0.25, -0.2) is 0 Å². The Morgan fingerprint density at radius 3 is 2.67 bits per heavy atom. The zero-order valence-electron chi connectivity index (χ0n) is 12.8. The number of ether oxygens (including phenoxy) is 2. The van der Waals surface area contributed by atoms with Crippen molar-refractivity contribution in [1.82, 2.24) is 4.90 Å². The summed E-state index contributed by atoms with van der Waals surface area (Å²) in [6, 6.07) is 0. The second-order valence-corrected chi connectivity index (χ2v) is 6.17. The monoisotopic (exact) mass is 299 g/mol. The summed E-state index contributed by atoms with van der Waals surface area (Å²) in [6.07, 6.45) is 2.65. The van der Waals surface area contributed by atoms with Gasteiger partial charge in [-0.15, -0.1) is 0 Å². The van der Waals surface area contributed by atoms with Crippen molar-refractivity contribution in [3.63, 3.8) is 0 Å². The van der Waals surface area contributed by atoms with Crippen LogP contribution < -0.4 is 0 Å². The molecule has 0 radical (unpaired) electrons. The molecule has 6 heteroatoms. The number of carboxylic acids is 1. The Morgan fingerprint density at radius 1 is 1.29 bits per heavy atom. The van der Waals surface area contributed by atoms with Crippen molar-refractivity contribution in [3.8, 4) is 0 Å². The molecule has 0 aromatic heterocycles. The number of methoxy groups -OCH3 is 1. The van der Waals surface area contributed by atoms with Gasteiger partial charge in [0.25, 0.3) is 0 Å². The molecule has 6 nitrogen and oxygen atoms in total. The van der Waals surface area contributed by atoms with Crippen LogP contribution in [-0.4, -0.2) is 60.9 Å². The van der Waals surface area contributed by atoms with Crippen molar-refractivity contribution < 1.29 is 24.2 Å². The third kappa shape index (κ3) is 4.17. The number of morpholine rings is 1. The van der Waals surface area contributed by atoms with E-state index in [1.807, 2.05) is 11.8 Å². The van der Waals surface area contributed by atoms with Crippen molar-refractivity contribution in [3.05, 3.63) is 0 Å². The van der Waals surface area contributed by atoms with Crippen LogP contribution in [0, 0.1) is 11.8 Å². The maximum Gasteiger partial charge on any atom is 0.306 e. The summed E-state index contributed by atoms with van der Waals surface area (Å²) in [4.78, 5) is 25.6. The highest BCUT2D eigenvalue weighted by molar-refractivity contribution is 5.80. The molecule has 0 bridgehead atoms. The summed E-state index contributed by atoms with van der Waals surface area (Å²) in [7, 11) is 1.62. The fourth-order valence-corrected chi connectivity index (χ4v) is 3.40. The number of aliphatic carboxylic acids is 1. The Bertz CT molecular complexity index is 386.